The van der Waals surface area contributed by atoms with Gasteiger partial charge in [-0.05, 0) is 65.1 Å². The highest BCUT2D eigenvalue weighted by atomic mass is 32.2. The van der Waals surface area contributed by atoms with E-state index in [4.69, 9.17) is 0 Å². The fourth-order valence-electron chi connectivity index (χ4n) is 2.80. The van der Waals surface area contributed by atoms with E-state index in [0.717, 1.165) is 5.25 Å². The van der Waals surface area contributed by atoms with E-state index in [1.165, 1.54) is 77.4 Å². The van der Waals surface area contributed by atoms with Gasteiger partial charge in [-0.25, -0.2) is 0 Å². The van der Waals surface area contributed by atoms with Crippen molar-refractivity contribution in [2.24, 2.45) is 0 Å². The molecular weight excluding hydrogens is 266 g/mol. The highest BCUT2D eigenvalue weighted by Gasteiger charge is 2.13. The summed E-state index contributed by atoms with van der Waals surface area (Å²) in [6, 6.07) is 0. The molecule has 0 aromatic heterocycles. The van der Waals surface area contributed by atoms with E-state index in [0.29, 0.717) is 0 Å². The van der Waals surface area contributed by atoms with Crippen LogP contribution in [0.15, 0.2) is 0 Å². The molecule has 20 heavy (non-hydrogen) atoms. The number of nitrogens with zero attached hydrogens (tertiary/aromatic N) is 2. The third-order valence-corrected chi connectivity index (χ3v) is 5.70. The van der Waals surface area contributed by atoms with Crippen LogP contribution in [-0.2, 0) is 0 Å². The lowest BCUT2D eigenvalue weighted by Gasteiger charge is -2.25. The molecular formula is C16H35N3S. The number of thioether (sulfide) groups is 1. The van der Waals surface area contributed by atoms with Gasteiger partial charge in [0, 0.05) is 17.5 Å². The summed E-state index contributed by atoms with van der Waals surface area (Å²) >= 11 is 2.20. The fraction of sp³-hybridized carbons (Fsp3) is 1.00. The van der Waals surface area contributed by atoms with Crippen LogP contribution in [0.4, 0.5) is 0 Å². The average molecular weight is 302 g/mol. The van der Waals surface area contributed by atoms with E-state index in [9.17, 15) is 0 Å². The van der Waals surface area contributed by atoms with Crippen LogP contribution in [0.5, 0.6) is 0 Å². The van der Waals surface area contributed by atoms with Gasteiger partial charge in [-0.2, -0.15) is 11.8 Å². The van der Waals surface area contributed by atoms with Gasteiger partial charge < -0.3 is 15.1 Å². The zero-order chi connectivity index (χ0) is 14.6. The second-order valence-corrected chi connectivity index (χ2v) is 7.04. The lowest BCUT2D eigenvalue weighted by molar-refractivity contribution is 0.251. The van der Waals surface area contributed by atoms with E-state index in [-0.39, 0.29) is 0 Å². The minimum absolute atomic E-state index is 0.908. The lowest BCUT2D eigenvalue weighted by atomic mass is 10.2. The summed E-state index contributed by atoms with van der Waals surface area (Å²) in [6.07, 6.45) is 4.03. The molecule has 0 aromatic carbocycles. The molecule has 120 valence electrons. The summed E-state index contributed by atoms with van der Waals surface area (Å²) in [5, 5.41) is 4.35. The van der Waals surface area contributed by atoms with E-state index < -0.39 is 0 Å². The molecule has 0 aliphatic carbocycles. The van der Waals surface area contributed by atoms with Crippen molar-refractivity contribution < 1.29 is 0 Å². The number of hydrogen-bond acceptors (Lipinski definition) is 4. The maximum absolute atomic E-state index is 3.45. The zero-order valence-electron chi connectivity index (χ0n) is 13.9. The first-order valence-corrected chi connectivity index (χ1v) is 9.62. The molecule has 0 radical (unpaired) electrons. The Balaban J connectivity index is 2.06. The second kappa shape index (κ2) is 11.8. The maximum atomic E-state index is 3.45. The van der Waals surface area contributed by atoms with Crippen LogP contribution in [0.1, 0.15) is 40.0 Å². The van der Waals surface area contributed by atoms with Gasteiger partial charge in [0.25, 0.3) is 0 Å². The number of hydrogen-bond donors (Lipinski definition) is 1. The summed E-state index contributed by atoms with van der Waals surface area (Å²) in [7, 11) is 0. The highest BCUT2D eigenvalue weighted by molar-refractivity contribution is 7.99. The summed E-state index contributed by atoms with van der Waals surface area (Å²) in [5.74, 6) is 1.31. The molecule has 0 amide bonds. The Kier molecular flexibility index (Phi) is 10.8. The molecule has 0 saturated carbocycles. The summed E-state index contributed by atoms with van der Waals surface area (Å²) in [5.41, 5.74) is 0. The van der Waals surface area contributed by atoms with E-state index in [2.05, 4.69) is 47.6 Å². The third-order valence-electron chi connectivity index (χ3n) is 4.34. The molecule has 1 aliphatic heterocycles. The first-order valence-electron chi connectivity index (χ1n) is 8.57. The van der Waals surface area contributed by atoms with Crippen molar-refractivity contribution in [3.8, 4) is 0 Å². The molecule has 0 aromatic rings. The summed E-state index contributed by atoms with van der Waals surface area (Å²) in [4.78, 5) is 5.15. The van der Waals surface area contributed by atoms with Crippen molar-refractivity contribution in [2.45, 2.75) is 45.3 Å². The van der Waals surface area contributed by atoms with Crippen LogP contribution >= 0.6 is 11.8 Å². The smallest absolute Gasteiger partial charge is 0.00723 e. The monoisotopic (exact) mass is 301 g/mol. The van der Waals surface area contributed by atoms with Gasteiger partial charge in [-0.3, -0.25) is 0 Å². The molecule has 1 N–H and O–H groups in total. The minimum atomic E-state index is 0.908. The maximum Gasteiger partial charge on any atom is 0.00723 e. The molecule has 0 spiro atoms. The van der Waals surface area contributed by atoms with E-state index >= 15 is 0 Å². The Morgan fingerprint density at radius 3 is 2.10 bits per heavy atom. The van der Waals surface area contributed by atoms with Gasteiger partial charge in [-0.15, -0.1) is 0 Å². The molecule has 1 aliphatic rings. The molecule has 0 bridgehead atoms. The standard InChI is InChI=1S/C16H35N3S/c1-4-18(5-2)12-7-13-19(6-3)14-15-20-16-8-10-17-11-9-16/h16-17H,4-15H2,1-3H3. The van der Waals surface area contributed by atoms with E-state index in [1.54, 1.807) is 0 Å². The number of rotatable bonds is 11. The Morgan fingerprint density at radius 2 is 1.50 bits per heavy atom. The third kappa shape index (κ3) is 7.87. The van der Waals surface area contributed by atoms with Crippen molar-refractivity contribution in [3.63, 3.8) is 0 Å². The van der Waals surface area contributed by atoms with Crippen LogP contribution in [0.3, 0.4) is 0 Å². The minimum Gasteiger partial charge on any atom is -0.317 e. The largest absolute Gasteiger partial charge is 0.317 e. The van der Waals surface area contributed by atoms with Crippen LogP contribution in [-0.4, -0.2) is 73.2 Å². The molecule has 0 atom stereocenters. The topological polar surface area (TPSA) is 18.5 Å². The molecule has 1 fully saturated rings. The molecule has 1 saturated heterocycles. The average Bonchev–Trinajstić information content (AvgIpc) is 2.51. The Labute approximate surface area is 130 Å². The first kappa shape index (κ1) is 18.3. The number of piperidine rings is 1. The van der Waals surface area contributed by atoms with Crippen LogP contribution < -0.4 is 5.32 Å². The van der Waals surface area contributed by atoms with Gasteiger partial charge in [0.05, 0.1) is 0 Å². The van der Waals surface area contributed by atoms with Crippen LogP contribution in [0, 0.1) is 0 Å². The fourth-order valence-corrected chi connectivity index (χ4v) is 4.06. The predicted octanol–water partition coefficient (Wildman–Crippen LogP) is 2.53. The van der Waals surface area contributed by atoms with Crippen molar-refractivity contribution in [1.82, 2.24) is 15.1 Å². The van der Waals surface area contributed by atoms with Crippen LogP contribution in [0.2, 0.25) is 0 Å². The first-order chi connectivity index (χ1) is 9.80. The summed E-state index contributed by atoms with van der Waals surface area (Å²) < 4.78 is 0. The van der Waals surface area contributed by atoms with E-state index in [1.807, 2.05) is 0 Å². The van der Waals surface area contributed by atoms with Crippen molar-refractivity contribution in [3.05, 3.63) is 0 Å². The van der Waals surface area contributed by atoms with Crippen molar-refractivity contribution >= 4 is 11.8 Å². The van der Waals surface area contributed by atoms with Gasteiger partial charge in [-0.1, -0.05) is 20.8 Å². The molecule has 3 nitrogen and oxygen atoms in total. The Hall–Kier alpha value is 0.230. The molecule has 4 heteroatoms. The predicted molar refractivity (Wildman–Crippen MR) is 92.9 cm³/mol. The van der Waals surface area contributed by atoms with Crippen LogP contribution in [0.25, 0.3) is 0 Å². The van der Waals surface area contributed by atoms with Gasteiger partial charge >= 0.3 is 0 Å². The number of nitrogens with one attached hydrogen (secondary N) is 1. The lowest BCUT2D eigenvalue weighted by Crippen LogP contribution is -2.32. The summed E-state index contributed by atoms with van der Waals surface area (Å²) in [6.45, 7) is 16.6. The molecule has 0 unspecified atom stereocenters. The van der Waals surface area contributed by atoms with Gasteiger partial charge in [0.15, 0.2) is 0 Å². The normalized spacial score (nSPS) is 17.2. The zero-order valence-corrected chi connectivity index (χ0v) is 14.7. The Bertz CT molecular complexity index is 216. The van der Waals surface area contributed by atoms with Crippen molar-refractivity contribution in [2.75, 3.05) is 58.1 Å². The quantitative estimate of drug-likeness (QED) is 0.632. The second-order valence-electron chi connectivity index (χ2n) is 5.63. The van der Waals surface area contributed by atoms with Gasteiger partial charge in [0.1, 0.15) is 0 Å². The van der Waals surface area contributed by atoms with Gasteiger partial charge in [0.2, 0.25) is 0 Å². The SMILES string of the molecule is CCN(CC)CCCN(CC)CCSC1CCNCC1. The van der Waals surface area contributed by atoms with Crippen molar-refractivity contribution in [1.29, 1.82) is 0 Å². The Morgan fingerprint density at radius 1 is 0.900 bits per heavy atom. The highest BCUT2D eigenvalue weighted by Crippen LogP contribution is 2.19. The molecule has 1 heterocycles. The molecule has 1 rings (SSSR count).